The van der Waals surface area contributed by atoms with E-state index >= 15 is 0 Å². The first kappa shape index (κ1) is 15.6. The summed E-state index contributed by atoms with van der Waals surface area (Å²) in [6.45, 7) is 4.79. The first-order chi connectivity index (χ1) is 10.0. The highest BCUT2D eigenvalue weighted by atomic mass is 19.1. The summed E-state index contributed by atoms with van der Waals surface area (Å²) in [5, 5.41) is 3.29. The van der Waals surface area contributed by atoms with Gasteiger partial charge < -0.3 is 5.32 Å². The number of hydrogen-bond acceptors (Lipinski definition) is 1. The monoisotopic (exact) mass is 293 g/mol. The lowest BCUT2D eigenvalue weighted by molar-refractivity contribution is 0.566. The van der Waals surface area contributed by atoms with E-state index in [1.807, 2.05) is 13.8 Å². The molecule has 0 heterocycles. The van der Waals surface area contributed by atoms with Gasteiger partial charge in [0.1, 0.15) is 17.5 Å². The van der Waals surface area contributed by atoms with Crippen LogP contribution in [0.4, 0.5) is 13.2 Å². The van der Waals surface area contributed by atoms with Crippen molar-refractivity contribution in [1.29, 1.82) is 0 Å². The molecule has 1 unspecified atom stereocenters. The van der Waals surface area contributed by atoms with Gasteiger partial charge in [0.15, 0.2) is 0 Å². The highest BCUT2D eigenvalue weighted by Gasteiger charge is 2.15. The summed E-state index contributed by atoms with van der Waals surface area (Å²) in [7, 11) is 0. The zero-order valence-corrected chi connectivity index (χ0v) is 12.1. The molecule has 1 N–H and O–H groups in total. The number of hydrogen-bond donors (Lipinski definition) is 1. The van der Waals surface area contributed by atoms with Gasteiger partial charge >= 0.3 is 0 Å². The fourth-order valence-electron chi connectivity index (χ4n) is 2.32. The highest BCUT2D eigenvalue weighted by molar-refractivity contribution is 5.68. The summed E-state index contributed by atoms with van der Waals surface area (Å²) >= 11 is 0. The zero-order chi connectivity index (χ0) is 15.4. The van der Waals surface area contributed by atoms with E-state index in [0.29, 0.717) is 5.56 Å². The number of rotatable bonds is 5. The summed E-state index contributed by atoms with van der Waals surface area (Å²) in [5.74, 6) is -1.78. The van der Waals surface area contributed by atoms with Crippen LogP contribution in [0.5, 0.6) is 0 Å². The maximum atomic E-state index is 14.0. The first-order valence-electron chi connectivity index (χ1n) is 7.01. The predicted octanol–water partition coefficient (Wildman–Crippen LogP) is 4.83. The molecule has 4 heteroatoms. The molecule has 0 aliphatic heterocycles. The van der Waals surface area contributed by atoms with E-state index in [1.54, 1.807) is 6.07 Å². The van der Waals surface area contributed by atoms with Crippen molar-refractivity contribution in [3.8, 4) is 11.1 Å². The molecule has 1 atom stereocenters. The molecular formula is C17H18F3N. The van der Waals surface area contributed by atoms with Gasteiger partial charge in [0, 0.05) is 17.7 Å². The molecular weight excluding hydrogens is 275 g/mol. The Hall–Kier alpha value is -1.81. The fourth-order valence-corrected chi connectivity index (χ4v) is 2.32. The smallest absolute Gasteiger partial charge is 0.133 e. The normalized spacial score (nSPS) is 12.4. The van der Waals surface area contributed by atoms with Gasteiger partial charge in [-0.2, -0.15) is 0 Å². The molecule has 0 aromatic heterocycles. The fraction of sp³-hybridized carbons (Fsp3) is 0.294. The standard InChI is InChI=1S/C17H18F3N/c1-3-8-21-11(2)14-6-4-12(18)9-16(14)15-7-5-13(19)10-17(15)20/h4-7,9-11,21H,3,8H2,1-2H3. The molecule has 0 bridgehead atoms. The third-order valence-electron chi connectivity index (χ3n) is 3.40. The lowest BCUT2D eigenvalue weighted by Crippen LogP contribution is -2.20. The predicted molar refractivity (Wildman–Crippen MR) is 78.5 cm³/mol. The van der Waals surface area contributed by atoms with Crippen molar-refractivity contribution in [3.05, 3.63) is 59.4 Å². The Morgan fingerprint density at radius 2 is 1.62 bits per heavy atom. The van der Waals surface area contributed by atoms with Gasteiger partial charge in [0.2, 0.25) is 0 Å². The quantitative estimate of drug-likeness (QED) is 0.832. The van der Waals surface area contributed by atoms with E-state index in [-0.39, 0.29) is 11.6 Å². The van der Waals surface area contributed by atoms with Crippen molar-refractivity contribution in [2.24, 2.45) is 0 Å². The minimum absolute atomic E-state index is 0.0509. The van der Waals surface area contributed by atoms with Gasteiger partial charge in [-0.1, -0.05) is 13.0 Å². The Morgan fingerprint density at radius 3 is 2.29 bits per heavy atom. The van der Waals surface area contributed by atoms with E-state index < -0.39 is 17.5 Å². The molecule has 0 aliphatic rings. The summed E-state index contributed by atoms with van der Waals surface area (Å²) in [4.78, 5) is 0. The van der Waals surface area contributed by atoms with Gasteiger partial charge in [0.25, 0.3) is 0 Å². The van der Waals surface area contributed by atoms with E-state index in [4.69, 9.17) is 0 Å². The van der Waals surface area contributed by atoms with E-state index in [0.717, 1.165) is 24.6 Å². The van der Waals surface area contributed by atoms with Crippen LogP contribution in [-0.2, 0) is 0 Å². The van der Waals surface area contributed by atoms with Crippen molar-refractivity contribution in [2.75, 3.05) is 6.54 Å². The van der Waals surface area contributed by atoms with Crippen LogP contribution < -0.4 is 5.32 Å². The van der Waals surface area contributed by atoms with Crippen LogP contribution in [0.2, 0.25) is 0 Å². The maximum Gasteiger partial charge on any atom is 0.133 e. The average Bonchev–Trinajstić information content (AvgIpc) is 2.44. The zero-order valence-electron chi connectivity index (χ0n) is 12.1. The number of halogens is 3. The third-order valence-corrected chi connectivity index (χ3v) is 3.40. The molecule has 0 aliphatic carbocycles. The van der Waals surface area contributed by atoms with Crippen LogP contribution in [0.1, 0.15) is 31.9 Å². The second-order valence-corrected chi connectivity index (χ2v) is 5.03. The van der Waals surface area contributed by atoms with Crippen LogP contribution in [-0.4, -0.2) is 6.54 Å². The SMILES string of the molecule is CCCNC(C)c1ccc(F)cc1-c1ccc(F)cc1F. The molecule has 2 aromatic carbocycles. The molecule has 0 saturated carbocycles. The van der Waals surface area contributed by atoms with Gasteiger partial charge in [-0.3, -0.25) is 0 Å². The van der Waals surface area contributed by atoms with Gasteiger partial charge in [-0.05, 0) is 55.3 Å². The summed E-state index contributed by atoms with van der Waals surface area (Å²) in [5.41, 5.74) is 1.44. The van der Waals surface area contributed by atoms with Crippen LogP contribution in [0.15, 0.2) is 36.4 Å². The Bertz CT molecular complexity index is 625. The molecule has 0 amide bonds. The molecule has 2 aromatic rings. The Labute approximate surface area is 122 Å². The van der Waals surface area contributed by atoms with Crippen LogP contribution in [0.25, 0.3) is 11.1 Å². The lowest BCUT2D eigenvalue weighted by atomic mass is 9.95. The molecule has 2 rings (SSSR count). The number of nitrogens with one attached hydrogen (secondary N) is 1. The van der Waals surface area contributed by atoms with E-state index in [1.165, 1.54) is 24.3 Å². The second-order valence-electron chi connectivity index (χ2n) is 5.03. The molecule has 1 nitrogen and oxygen atoms in total. The van der Waals surface area contributed by atoms with Gasteiger partial charge in [-0.15, -0.1) is 0 Å². The van der Waals surface area contributed by atoms with Gasteiger partial charge in [-0.25, -0.2) is 13.2 Å². The van der Waals surface area contributed by atoms with Crippen molar-refractivity contribution in [3.63, 3.8) is 0 Å². The molecule has 21 heavy (non-hydrogen) atoms. The molecule has 112 valence electrons. The molecule has 0 spiro atoms. The lowest BCUT2D eigenvalue weighted by Gasteiger charge is -2.18. The summed E-state index contributed by atoms with van der Waals surface area (Å²) in [6, 6.07) is 7.56. The Morgan fingerprint density at radius 1 is 0.952 bits per heavy atom. The second kappa shape index (κ2) is 6.76. The summed E-state index contributed by atoms with van der Waals surface area (Å²) < 4.78 is 40.6. The Kier molecular flexibility index (Phi) is 5.02. The van der Waals surface area contributed by atoms with Crippen molar-refractivity contribution in [1.82, 2.24) is 5.32 Å². The van der Waals surface area contributed by atoms with Gasteiger partial charge in [0.05, 0.1) is 0 Å². The Balaban J connectivity index is 2.48. The molecule has 0 fully saturated rings. The maximum absolute atomic E-state index is 14.0. The minimum Gasteiger partial charge on any atom is -0.310 e. The first-order valence-corrected chi connectivity index (χ1v) is 7.01. The van der Waals surface area contributed by atoms with Crippen LogP contribution in [0.3, 0.4) is 0 Å². The molecule has 0 saturated heterocycles. The third kappa shape index (κ3) is 3.64. The van der Waals surface area contributed by atoms with Crippen molar-refractivity contribution >= 4 is 0 Å². The highest BCUT2D eigenvalue weighted by Crippen LogP contribution is 2.31. The van der Waals surface area contributed by atoms with Crippen LogP contribution >= 0.6 is 0 Å². The van der Waals surface area contributed by atoms with Crippen molar-refractivity contribution in [2.45, 2.75) is 26.3 Å². The van der Waals surface area contributed by atoms with Crippen LogP contribution in [0, 0.1) is 17.5 Å². The number of benzene rings is 2. The largest absolute Gasteiger partial charge is 0.310 e. The average molecular weight is 293 g/mol. The summed E-state index contributed by atoms with van der Waals surface area (Å²) in [6.07, 6.45) is 0.964. The topological polar surface area (TPSA) is 12.0 Å². The van der Waals surface area contributed by atoms with E-state index in [2.05, 4.69) is 5.32 Å². The minimum atomic E-state index is -0.690. The molecule has 0 radical (unpaired) electrons. The van der Waals surface area contributed by atoms with E-state index in [9.17, 15) is 13.2 Å². The van der Waals surface area contributed by atoms with Crippen molar-refractivity contribution < 1.29 is 13.2 Å².